The molecule has 4 heteroatoms. The van der Waals surface area contributed by atoms with Crippen LogP contribution in [0.4, 0.5) is 0 Å². The van der Waals surface area contributed by atoms with Crippen LogP contribution in [0, 0.1) is 0 Å². The predicted molar refractivity (Wildman–Crippen MR) is 57.7 cm³/mol. The van der Waals surface area contributed by atoms with Gasteiger partial charge in [-0.05, 0) is 12.6 Å². The number of likely N-dealkylation sites (tertiary alicyclic amines) is 1. The quantitative estimate of drug-likeness (QED) is 0.528. The van der Waals surface area contributed by atoms with E-state index in [4.69, 9.17) is 0 Å². The molecule has 1 amide bonds. The first-order chi connectivity index (χ1) is 7.15. The first-order valence-corrected chi connectivity index (χ1v) is 4.88. The summed E-state index contributed by atoms with van der Waals surface area (Å²) in [6, 6.07) is 0. The summed E-state index contributed by atoms with van der Waals surface area (Å²) < 4.78 is 4.32. The predicted octanol–water partition coefficient (Wildman–Crippen LogP) is 1.84. The van der Waals surface area contributed by atoms with Crippen LogP contribution in [-0.4, -0.2) is 23.3 Å². The van der Waals surface area contributed by atoms with Crippen LogP contribution < -0.4 is 0 Å². The zero-order valence-electron chi connectivity index (χ0n) is 9.07. The molecule has 1 aliphatic heterocycles. The monoisotopic (exact) mass is 211 g/mol. The fraction of sp³-hybridized carbons (Fsp3) is 0.455. The van der Waals surface area contributed by atoms with Gasteiger partial charge < -0.3 is 9.64 Å². The fourth-order valence-electron chi connectivity index (χ4n) is 1.04. The van der Waals surface area contributed by atoms with Crippen molar-refractivity contribution in [3.63, 3.8) is 0 Å². The summed E-state index contributed by atoms with van der Waals surface area (Å²) >= 11 is 0. The highest BCUT2D eigenvalue weighted by Gasteiger charge is 2.15. The Morgan fingerprint density at radius 2 is 2.27 bits per heavy atom. The van der Waals surface area contributed by atoms with Crippen LogP contribution in [0.5, 0.6) is 0 Å². The van der Waals surface area contributed by atoms with E-state index in [1.54, 1.807) is 18.0 Å². The van der Waals surface area contributed by atoms with Crippen molar-refractivity contribution in [3.05, 3.63) is 25.6 Å². The molecular formula is C11H17NO3. The standard InChI is InChI=1S/C6H9NO.C5H8O2/c1-2-7-5-3-4-6(7)8;1-3-5(6)7-4-2/h2H,1,3-5H2;4H,2-3H2,1H3. The normalized spacial score (nSPS) is 13.9. The molecule has 0 bridgehead atoms. The van der Waals surface area contributed by atoms with Crippen LogP contribution in [-0.2, 0) is 14.3 Å². The molecule has 1 fully saturated rings. The number of rotatable bonds is 3. The van der Waals surface area contributed by atoms with Gasteiger partial charge in [0.2, 0.25) is 5.91 Å². The summed E-state index contributed by atoms with van der Waals surface area (Å²) in [5.41, 5.74) is 0. The minimum Gasteiger partial charge on any atom is -0.435 e. The van der Waals surface area contributed by atoms with Crippen molar-refractivity contribution in [2.75, 3.05) is 6.54 Å². The number of amides is 1. The second-order valence-corrected chi connectivity index (χ2v) is 2.88. The molecule has 1 rings (SSSR count). The zero-order valence-corrected chi connectivity index (χ0v) is 9.07. The van der Waals surface area contributed by atoms with E-state index in [0.717, 1.165) is 19.2 Å². The Labute approximate surface area is 90.2 Å². The molecule has 0 aliphatic carbocycles. The summed E-state index contributed by atoms with van der Waals surface area (Å²) in [5.74, 6) is -0.0324. The van der Waals surface area contributed by atoms with Crippen LogP contribution in [0.2, 0.25) is 0 Å². The highest BCUT2D eigenvalue weighted by molar-refractivity contribution is 5.78. The van der Waals surface area contributed by atoms with E-state index in [-0.39, 0.29) is 11.9 Å². The minimum absolute atomic E-state index is 0.208. The highest BCUT2D eigenvalue weighted by Crippen LogP contribution is 2.08. The van der Waals surface area contributed by atoms with Crippen LogP contribution in [0.1, 0.15) is 26.2 Å². The molecule has 0 radical (unpaired) electrons. The zero-order chi connectivity index (χ0) is 11.7. The largest absolute Gasteiger partial charge is 0.435 e. The van der Waals surface area contributed by atoms with Crippen molar-refractivity contribution in [1.29, 1.82) is 0 Å². The van der Waals surface area contributed by atoms with Gasteiger partial charge in [-0.1, -0.05) is 20.1 Å². The van der Waals surface area contributed by atoms with Crippen LogP contribution in [0.25, 0.3) is 0 Å². The average Bonchev–Trinajstić information content (AvgIpc) is 2.65. The lowest BCUT2D eigenvalue weighted by molar-refractivity contribution is -0.137. The van der Waals surface area contributed by atoms with E-state index in [2.05, 4.69) is 17.9 Å². The molecule has 1 heterocycles. The average molecular weight is 211 g/mol. The van der Waals surface area contributed by atoms with Crippen molar-refractivity contribution in [3.8, 4) is 0 Å². The van der Waals surface area contributed by atoms with Crippen molar-refractivity contribution in [2.45, 2.75) is 26.2 Å². The van der Waals surface area contributed by atoms with E-state index in [1.165, 1.54) is 0 Å². The van der Waals surface area contributed by atoms with Crippen molar-refractivity contribution in [1.82, 2.24) is 4.90 Å². The van der Waals surface area contributed by atoms with Crippen molar-refractivity contribution >= 4 is 11.9 Å². The maximum absolute atomic E-state index is 10.7. The summed E-state index contributed by atoms with van der Waals surface area (Å²) in [6.45, 7) is 9.30. The molecule has 0 atom stereocenters. The van der Waals surface area contributed by atoms with E-state index < -0.39 is 0 Å². The molecule has 0 N–H and O–H groups in total. The van der Waals surface area contributed by atoms with Gasteiger partial charge >= 0.3 is 5.97 Å². The summed E-state index contributed by atoms with van der Waals surface area (Å²) in [7, 11) is 0. The van der Waals surface area contributed by atoms with Gasteiger partial charge in [0.15, 0.2) is 0 Å². The Hall–Kier alpha value is -1.58. The van der Waals surface area contributed by atoms with Crippen molar-refractivity contribution in [2.24, 2.45) is 0 Å². The van der Waals surface area contributed by atoms with E-state index in [9.17, 15) is 9.59 Å². The third-order valence-corrected chi connectivity index (χ3v) is 1.83. The van der Waals surface area contributed by atoms with E-state index >= 15 is 0 Å². The molecule has 0 spiro atoms. The molecule has 0 aromatic rings. The van der Waals surface area contributed by atoms with Gasteiger partial charge in [-0.15, -0.1) is 0 Å². The maximum Gasteiger partial charge on any atom is 0.310 e. The SMILES string of the molecule is C=CN1CCCC1=O.C=COC(=O)CC. The third-order valence-electron chi connectivity index (χ3n) is 1.83. The van der Waals surface area contributed by atoms with E-state index in [1.807, 2.05) is 0 Å². The minimum atomic E-state index is -0.241. The summed E-state index contributed by atoms with van der Waals surface area (Å²) in [4.78, 5) is 22.4. The number of hydrogen-bond donors (Lipinski definition) is 0. The van der Waals surface area contributed by atoms with E-state index in [0.29, 0.717) is 12.8 Å². The first-order valence-electron chi connectivity index (χ1n) is 4.88. The molecular weight excluding hydrogens is 194 g/mol. The van der Waals surface area contributed by atoms with Gasteiger partial charge in [0.05, 0.1) is 6.26 Å². The molecule has 84 valence electrons. The molecule has 1 saturated heterocycles. The molecule has 0 aromatic carbocycles. The van der Waals surface area contributed by atoms with Gasteiger partial charge in [-0.2, -0.15) is 0 Å². The summed E-state index contributed by atoms with van der Waals surface area (Å²) in [6.07, 6.45) is 4.82. The number of carbonyl (C=O) groups is 2. The second-order valence-electron chi connectivity index (χ2n) is 2.88. The van der Waals surface area contributed by atoms with Gasteiger partial charge in [0, 0.05) is 19.4 Å². The second kappa shape index (κ2) is 7.79. The maximum atomic E-state index is 10.7. The first kappa shape index (κ1) is 13.4. The number of ether oxygens (including phenoxy) is 1. The lowest BCUT2D eigenvalue weighted by Crippen LogP contribution is -2.16. The lowest BCUT2D eigenvalue weighted by atomic mass is 10.4. The molecule has 4 nitrogen and oxygen atoms in total. The highest BCUT2D eigenvalue weighted by atomic mass is 16.5. The van der Waals surface area contributed by atoms with Gasteiger partial charge in [-0.25, -0.2) is 0 Å². The summed E-state index contributed by atoms with van der Waals surface area (Å²) in [5, 5.41) is 0. The Balaban J connectivity index is 0.000000265. The Morgan fingerprint density at radius 3 is 2.47 bits per heavy atom. The number of esters is 1. The number of hydrogen-bond acceptors (Lipinski definition) is 3. The van der Waals surface area contributed by atoms with Crippen LogP contribution in [0.3, 0.4) is 0 Å². The molecule has 1 aliphatic rings. The Morgan fingerprint density at radius 1 is 1.60 bits per heavy atom. The Kier molecular flexibility index (Phi) is 6.97. The molecule has 0 saturated carbocycles. The number of carbonyl (C=O) groups excluding carboxylic acids is 2. The van der Waals surface area contributed by atoms with Crippen LogP contribution >= 0.6 is 0 Å². The van der Waals surface area contributed by atoms with Gasteiger partial charge in [0.25, 0.3) is 0 Å². The van der Waals surface area contributed by atoms with Gasteiger partial charge in [-0.3, -0.25) is 9.59 Å². The molecule has 0 aromatic heterocycles. The Bertz CT molecular complexity index is 248. The molecule has 15 heavy (non-hydrogen) atoms. The van der Waals surface area contributed by atoms with Crippen molar-refractivity contribution < 1.29 is 14.3 Å². The smallest absolute Gasteiger partial charge is 0.310 e. The fourth-order valence-corrected chi connectivity index (χ4v) is 1.04. The topological polar surface area (TPSA) is 46.6 Å². The molecule has 0 unspecified atom stereocenters. The lowest BCUT2D eigenvalue weighted by Gasteiger charge is -2.05. The number of nitrogens with zero attached hydrogens (tertiary/aromatic N) is 1. The van der Waals surface area contributed by atoms with Gasteiger partial charge in [0.1, 0.15) is 0 Å². The van der Waals surface area contributed by atoms with Crippen LogP contribution in [0.15, 0.2) is 25.6 Å². The third kappa shape index (κ3) is 5.67.